The first-order chi connectivity index (χ1) is 17.4. The van der Waals surface area contributed by atoms with Gasteiger partial charge in [0.15, 0.2) is 19.0 Å². The molecule has 1 fully saturated rings. The molecule has 36 heavy (non-hydrogen) atoms. The van der Waals surface area contributed by atoms with Crippen LogP contribution in [0, 0.1) is 13.8 Å². The van der Waals surface area contributed by atoms with Crippen LogP contribution in [0.4, 0.5) is 5.69 Å². The zero-order valence-corrected chi connectivity index (χ0v) is 21.2. The summed E-state index contributed by atoms with van der Waals surface area (Å²) >= 11 is 0. The highest BCUT2D eigenvalue weighted by Crippen LogP contribution is 2.33. The van der Waals surface area contributed by atoms with Crippen molar-refractivity contribution in [1.82, 2.24) is 10.2 Å². The molecule has 0 radical (unpaired) electrons. The molecule has 8 heteroatoms. The van der Waals surface area contributed by atoms with Gasteiger partial charge in [-0.15, -0.1) is 0 Å². The van der Waals surface area contributed by atoms with Gasteiger partial charge < -0.3 is 24.6 Å². The molecule has 2 amide bonds. The van der Waals surface area contributed by atoms with Gasteiger partial charge in [0.25, 0.3) is 5.91 Å². The van der Waals surface area contributed by atoms with E-state index in [1.807, 2.05) is 32.0 Å². The lowest BCUT2D eigenvalue weighted by Gasteiger charge is -2.29. The Morgan fingerprint density at radius 1 is 1.08 bits per heavy atom. The molecule has 0 spiro atoms. The molecule has 2 aliphatic heterocycles. The first kappa shape index (κ1) is 25.7. The number of rotatable bonds is 11. The smallest absolute Gasteiger partial charge is 0.265 e. The van der Waals surface area contributed by atoms with Crippen LogP contribution in [-0.2, 0) is 9.59 Å². The molecule has 192 valence electrons. The van der Waals surface area contributed by atoms with Crippen molar-refractivity contribution in [3.05, 3.63) is 53.1 Å². The summed E-state index contributed by atoms with van der Waals surface area (Å²) in [5.41, 5.74) is 3.10. The van der Waals surface area contributed by atoms with Crippen LogP contribution in [0.1, 0.15) is 47.2 Å². The number of amides is 2. The van der Waals surface area contributed by atoms with E-state index in [4.69, 9.17) is 9.47 Å². The molecule has 2 aliphatic rings. The van der Waals surface area contributed by atoms with Gasteiger partial charge in [0.2, 0.25) is 5.91 Å². The zero-order valence-electron chi connectivity index (χ0n) is 21.2. The number of carbonyl (C=O) groups excluding carboxylic acids is 3. The molecule has 8 nitrogen and oxygen atoms in total. The van der Waals surface area contributed by atoms with Crippen LogP contribution >= 0.6 is 0 Å². The van der Waals surface area contributed by atoms with Crippen molar-refractivity contribution in [2.45, 2.75) is 39.5 Å². The van der Waals surface area contributed by atoms with Gasteiger partial charge in [-0.2, -0.15) is 0 Å². The number of anilines is 1. The second kappa shape index (κ2) is 12.0. The van der Waals surface area contributed by atoms with Crippen molar-refractivity contribution < 1.29 is 23.9 Å². The Labute approximate surface area is 212 Å². The summed E-state index contributed by atoms with van der Waals surface area (Å²) in [7, 11) is 0. The number of carbonyl (C=O) groups is 3. The van der Waals surface area contributed by atoms with E-state index >= 15 is 0 Å². The fourth-order valence-corrected chi connectivity index (χ4v) is 4.57. The number of likely N-dealkylation sites (tertiary alicyclic amines) is 1. The highest BCUT2D eigenvalue weighted by Gasteiger charge is 2.26. The molecular formula is C28H35N3O5. The van der Waals surface area contributed by atoms with Crippen molar-refractivity contribution >= 4 is 23.3 Å². The summed E-state index contributed by atoms with van der Waals surface area (Å²) in [6, 6.07) is 10.8. The molecule has 2 heterocycles. The van der Waals surface area contributed by atoms with Crippen LogP contribution in [0.5, 0.6) is 11.5 Å². The number of hydrogen-bond acceptors (Lipinski definition) is 6. The molecule has 0 aliphatic carbocycles. The Balaban J connectivity index is 1.32. The van der Waals surface area contributed by atoms with E-state index in [9.17, 15) is 14.4 Å². The summed E-state index contributed by atoms with van der Waals surface area (Å²) in [5, 5.41) is 2.97. The standard InChI is InChI=1S/C28H35N3O5/c1-20-7-5-8-25(21(20)2)35-18-24(32)22-10-11-26-23(17-22)31(28(34)19-36-26)15-6-9-27(33)29-12-16-30-13-3-4-14-30/h5,7-8,10-11,17H,3-4,6,9,12-16,18-19H2,1-2H3,(H,29,33). The van der Waals surface area contributed by atoms with E-state index in [2.05, 4.69) is 10.2 Å². The first-order valence-corrected chi connectivity index (χ1v) is 12.7. The number of nitrogens with zero attached hydrogens (tertiary/aromatic N) is 2. The van der Waals surface area contributed by atoms with Crippen LogP contribution < -0.4 is 19.7 Å². The predicted octanol–water partition coefficient (Wildman–Crippen LogP) is 3.28. The van der Waals surface area contributed by atoms with Gasteiger partial charge in [-0.25, -0.2) is 0 Å². The fourth-order valence-electron chi connectivity index (χ4n) is 4.57. The summed E-state index contributed by atoms with van der Waals surface area (Å²) < 4.78 is 11.3. The van der Waals surface area contributed by atoms with Gasteiger partial charge in [-0.3, -0.25) is 14.4 Å². The van der Waals surface area contributed by atoms with Crippen molar-refractivity contribution in [2.75, 3.05) is 50.8 Å². The number of aryl methyl sites for hydroxylation is 1. The molecule has 0 unspecified atom stereocenters. The maximum Gasteiger partial charge on any atom is 0.265 e. The molecule has 0 atom stereocenters. The minimum Gasteiger partial charge on any atom is -0.485 e. The van der Waals surface area contributed by atoms with Gasteiger partial charge >= 0.3 is 0 Å². The molecule has 2 aromatic rings. The topological polar surface area (TPSA) is 88.2 Å². The highest BCUT2D eigenvalue weighted by molar-refractivity contribution is 6.02. The van der Waals surface area contributed by atoms with Gasteiger partial charge in [0.1, 0.15) is 11.5 Å². The molecule has 1 saturated heterocycles. The lowest BCUT2D eigenvalue weighted by molar-refractivity contribution is -0.122. The van der Waals surface area contributed by atoms with Crippen molar-refractivity contribution in [3.63, 3.8) is 0 Å². The van der Waals surface area contributed by atoms with E-state index in [1.54, 1.807) is 23.1 Å². The Hall–Kier alpha value is -3.39. The molecule has 0 bridgehead atoms. The Kier molecular flexibility index (Phi) is 8.59. The third kappa shape index (κ3) is 6.43. The summed E-state index contributed by atoms with van der Waals surface area (Å²) in [4.78, 5) is 41.7. The van der Waals surface area contributed by atoms with Crippen molar-refractivity contribution in [1.29, 1.82) is 0 Å². The Morgan fingerprint density at radius 3 is 2.69 bits per heavy atom. The van der Waals surface area contributed by atoms with Gasteiger partial charge in [0, 0.05) is 31.6 Å². The average molecular weight is 494 g/mol. The third-order valence-corrected chi connectivity index (χ3v) is 6.87. The maximum absolute atomic E-state index is 12.9. The zero-order chi connectivity index (χ0) is 25.5. The minimum absolute atomic E-state index is 0.0114. The summed E-state index contributed by atoms with van der Waals surface area (Å²) in [5.74, 6) is 0.849. The van der Waals surface area contributed by atoms with Crippen LogP contribution in [0.15, 0.2) is 36.4 Å². The second-order valence-electron chi connectivity index (χ2n) is 9.43. The number of benzene rings is 2. The number of hydrogen-bond donors (Lipinski definition) is 1. The maximum atomic E-state index is 12.9. The monoisotopic (exact) mass is 493 g/mol. The van der Waals surface area contributed by atoms with Crippen LogP contribution in [-0.4, -0.2) is 68.4 Å². The lowest BCUT2D eigenvalue weighted by atomic mass is 10.1. The van der Waals surface area contributed by atoms with E-state index in [0.29, 0.717) is 48.7 Å². The van der Waals surface area contributed by atoms with Gasteiger partial charge in [-0.1, -0.05) is 12.1 Å². The normalized spacial score (nSPS) is 15.4. The van der Waals surface area contributed by atoms with E-state index < -0.39 is 0 Å². The summed E-state index contributed by atoms with van der Waals surface area (Å²) in [6.07, 6.45) is 3.32. The molecule has 2 aromatic carbocycles. The summed E-state index contributed by atoms with van der Waals surface area (Å²) in [6.45, 7) is 7.92. The van der Waals surface area contributed by atoms with E-state index in [0.717, 1.165) is 30.8 Å². The molecular weight excluding hydrogens is 458 g/mol. The quantitative estimate of drug-likeness (QED) is 0.484. The highest BCUT2D eigenvalue weighted by atomic mass is 16.5. The van der Waals surface area contributed by atoms with Crippen LogP contribution in [0.25, 0.3) is 0 Å². The third-order valence-electron chi connectivity index (χ3n) is 6.87. The number of ether oxygens (including phenoxy) is 2. The van der Waals surface area contributed by atoms with Crippen LogP contribution in [0.2, 0.25) is 0 Å². The lowest BCUT2D eigenvalue weighted by Crippen LogP contribution is -2.40. The predicted molar refractivity (Wildman–Crippen MR) is 138 cm³/mol. The molecule has 0 saturated carbocycles. The van der Waals surface area contributed by atoms with Gasteiger partial charge in [-0.05, 0) is 81.6 Å². The number of fused-ring (bicyclic) bond motifs is 1. The first-order valence-electron chi connectivity index (χ1n) is 12.7. The minimum atomic E-state index is -0.187. The average Bonchev–Trinajstić information content (AvgIpc) is 3.39. The number of ketones is 1. The van der Waals surface area contributed by atoms with Crippen molar-refractivity contribution in [2.24, 2.45) is 0 Å². The SMILES string of the molecule is Cc1cccc(OCC(=O)c2ccc3c(c2)N(CCCC(=O)NCCN2CCCC2)C(=O)CO3)c1C. The van der Waals surface area contributed by atoms with E-state index in [-0.39, 0.29) is 30.8 Å². The number of Topliss-reactive ketones (excluding diaryl/α,β-unsaturated/α-hetero) is 1. The molecule has 4 rings (SSSR count). The van der Waals surface area contributed by atoms with E-state index in [1.165, 1.54) is 12.8 Å². The Morgan fingerprint density at radius 2 is 1.89 bits per heavy atom. The largest absolute Gasteiger partial charge is 0.485 e. The molecule has 1 N–H and O–H groups in total. The van der Waals surface area contributed by atoms with Crippen molar-refractivity contribution in [3.8, 4) is 11.5 Å². The second-order valence-corrected chi connectivity index (χ2v) is 9.43. The molecule has 0 aromatic heterocycles. The van der Waals surface area contributed by atoms with Gasteiger partial charge in [0.05, 0.1) is 5.69 Å². The van der Waals surface area contributed by atoms with Crippen LogP contribution in [0.3, 0.4) is 0 Å². The fraction of sp³-hybridized carbons (Fsp3) is 0.464. The Bertz CT molecular complexity index is 1110. The number of nitrogens with one attached hydrogen (secondary N) is 1.